The third-order valence-electron chi connectivity index (χ3n) is 1.97. The summed E-state index contributed by atoms with van der Waals surface area (Å²) in [6, 6.07) is 0.139. The molecule has 0 radical (unpaired) electrons. The number of aromatic nitrogens is 2. The lowest BCUT2D eigenvalue weighted by atomic mass is 10.3. The molecule has 3 heteroatoms. The van der Waals surface area contributed by atoms with Gasteiger partial charge in [0.15, 0.2) is 0 Å². The average Bonchev–Trinajstić information content (AvgIpc) is 2.52. The Morgan fingerprint density at radius 1 is 1.77 bits per heavy atom. The van der Waals surface area contributed by atoms with Crippen LogP contribution in [0.15, 0.2) is 12.4 Å². The molecule has 0 bridgehead atoms. The maximum atomic E-state index is 5.23. The van der Waals surface area contributed by atoms with Crippen molar-refractivity contribution in [2.75, 3.05) is 6.54 Å². The molecular weight excluding hydrogens is 162 g/mol. The van der Waals surface area contributed by atoms with Crippen LogP contribution < -0.4 is 5.32 Å². The molecule has 0 saturated carbocycles. The molecule has 13 heavy (non-hydrogen) atoms. The molecule has 1 atom stereocenters. The Labute approximate surface area is 79.2 Å². The minimum atomic E-state index is 0.139. The summed E-state index contributed by atoms with van der Waals surface area (Å²) in [6.45, 7) is 2.84. The average molecular weight is 177 g/mol. The van der Waals surface area contributed by atoms with E-state index < -0.39 is 0 Å². The summed E-state index contributed by atoms with van der Waals surface area (Å²) >= 11 is 0. The van der Waals surface area contributed by atoms with Crippen molar-refractivity contribution in [1.29, 1.82) is 0 Å². The van der Waals surface area contributed by atoms with E-state index in [9.17, 15) is 0 Å². The molecule has 0 spiro atoms. The van der Waals surface area contributed by atoms with Gasteiger partial charge in [-0.2, -0.15) is 0 Å². The third-order valence-corrected chi connectivity index (χ3v) is 1.97. The van der Waals surface area contributed by atoms with Crippen molar-refractivity contribution >= 4 is 0 Å². The number of hydrogen-bond acceptors (Lipinski definition) is 2. The fraction of sp³-hybridized carbons (Fsp3) is 0.500. The van der Waals surface area contributed by atoms with Crippen molar-refractivity contribution < 1.29 is 0 Å². The van der Waals surface area contributed by atoms with Gasteiger partial charge in [-0.25, -0.2) is 4.98 Å². The van der Waals surface area contributed by atoms with Gasteiger partial charge in [-0.15, -0.1) is 6.42 Å². The second kappa shape index (κ2) is 4.68. The van der Waals surface area contributed by atoms with Crippen LogP contribution in [0.3, 0.4) is 0 Å². The molecule has 0 aliphatic rings. The highest BCUT2D eigenvalue weighted by molar-refractivity contribution is 4.97. The second-order valence-corrected chi connectivity index (χ2v) is 3.05. The first-order valence-corrected chi connectivity index (χ1v) is 4.39. The van der Waals surface area contributed by atoms with E-state index in [2.05, 4.69) is 16.2 Å². The van der Waals surface area contributed by atoms with Gasteiger partial charge in [-0.05, 0) is 6.92 Å². The minimum absolute atomic E-state index is 0.139. The number of rotatable bonds is 4. The Kier molecular flexibility index (Phi) is 3.53. The zero-order chi connectivity index (χ0) is 9.68. The Hall–Kier alpha value is -1.27. The van der Waals surface area contributed by atoms with Gasteiger partial charge in [-0.3, -0.25) is 0 Å². The summed E-state index contributed by atoms with van der Waals surface area (Å²) in [5.74, 6) is 3.70. The molecule has 3 nitrogen and oxygen atoms in total. The van der Waals surface area contributed by atoms with Gasteiger partial charge in [0.2, 0.25) is 0 Å². The summed E-state index contributed by atoms with van der Waals surface area (Å²) in [4.78, 5) is 4.21. The molecule has 0 saturated heterocycles. The van der Waals surface area contributed by atoms with E-state index in [0.29, 0.717) is 0 Å². The standard InChI is InChI=1S/C10H15N3/c1-4-9(2)11-6-5-10-12-7-8-13(10)3/h1,7-9,11H,5-6H2,2-3H3. The molecule has 0 aromatic carbocycles. The lowest BCUT2D eigenvalue weighted by molar-refractivity contribution is 0.624. The largest absolute Gasteiger partial charge is 0.338 e. The third kappa shape index (κ3) is 2.92. The van der Waals surface area contributed by atoms with Crippen molar-refractivity contribution in [2.45, 2.75) is 19.4 Å². The van der Waals surface area contributed by atoms with Crippen LogP contribution in [0, 0.1) is 12.3 Å². The maximum Gasteiger partial charge on any atom is 0.109 e. The highest BCUT2D eigenvalue weighted by Crippen LogP contribution is 1.94. The van der Waals surface area contributed by atoms with Crippen molar-refractivity contribution in [3.63, 3.8) is 0 Å². The van der Waals surface area contributed by atoms with E-state index in [1.165, 1.54) is 0 Å². The van der Waals surface area contributed by atoms with Gasteiger partial charge in [0.25, 0.3) is 0 Å². The smallest absolute Gasteiger partial charge is 0.109 e. The lowest BCUT2D eigenvalue weighted by Gasteiger charge is -2.06. The molecule has 0 aliphatic carbocycles. The van der Waals surface area contributed by atoms with Gasteiger partial charge >= 0.3 is 0 Å². The monoisotopic (exact) mass is 177 g/mol. The summed E-state index contributed by atoms with van der Waals surface area (Å²) in [5.41, 5.74) is 0. The van der Waals surface area contributed by atoms with Crippen molar-refractivity contribution in [3.8, 4) is 12.3 Å². The van der Waals surface area contributed by atoms with Crippen LogP contribution >= 0.6 is 0 Å². The predicted molar refractivity (Wildman–Crippen MR) is 53.2 cm³/mol. The van der Waals surface area contributed by atoms with Crippen LogP contribution in [0.25, 0.3) is 0 Å². The first-order valence-electron chi connectivity index (χ1n) is 4.39. The van der Waals surface area contributed by atoms with Gasteiger partial charge in [0.1, 0.15) is 5.82 Å². The molecule has 0 aliphatic heterocycles. The van der Waals surface area contributed by atoms with E-state index in [4.69, 9.17) is 6.42 Å². The highest BCUT2D eigenvalue weighted by atomic mass is 15.0. The number of terminal acetylenes is 1. The van der Waals surface area contributed by atoms with Crippen LogP contribution in [-0.4, -0.2) is 22.1 Å². The molecule has 1 aromatic heterocycles. The van der Waals surface area contributed by atoms with Gasteiger partial charge in [0.05, 0.1) is 6.04 Å². The first kappa shape index (κ1) is 9.82. The molecule has 0 fully saturated rings. The van der Waals surface area contributed by atoms with Crippen LogP contribution in [-0.2, 0) is 13.5 Å². The van der Waals surface area contributed by atoms with Crippen LogP contribution in [0.1, 0.15) is 12.7 Å². The Morgan fingerprint density at radius 3 is 3.08 bits per heavy atom. The van der Waals surface area contributed by atoms with E-state index >= 15 is 0 Å². The normalized spacial score (nSPS) is 12.4. The molecule has 70 valence electrons. The number of nitrogens with zero attached hydrogens (tertiary/aromatic N) is 2. The van der Waals surface area contributed by atoms with Crippen molar-refractivity contribution in [2.24, 2.45) is 7.05 Å². The fourth-order valence-electron chi connectivity index (χ4n) is 1.10. The van der Waals surface area contributed by atoms with Crippen molar-refractivity contribution in [1.82, 2.24) is 14.9 Å². The van der Waals surface area contributed by atoms with E-state index in [1.54, 1.807) is 6.20 Å². The topological polar surface area (TPSA) is 29.9 Å². The Bertz CT molecular complexity index is 295. The van der Waals surface area contributed by atoms with Gasteiger partial charge in [-0.1, -0.05) is 5.92 Å². The first-order chi connectivity index (χ1) is 6.24. The number of nitrogens with one attached hydrogen (secondary N) is 1. The summed E-state index contributed by atoms with van der Waals surface area (Å²) in [5, 5.41) is 3.21. The fourth-order valence-corrected chi connectivity index (χ4v) is 1.10. The lowest BCUT2D eigenvalue weighted by Crippen LogP contribution is -2.27. The Morgan fingerprint density at radius 2 is 2.54 bits per heavy atom. The predicted octanol–water partition coefficient (Wildman–Crippen LogP) is 0.574. The minimum Gasteiger partial charge on any atom is -0.338 e. The maximum absolute atomic E-state index is 5.23. The van der Waals surface area contributed by atoms with Gasteiger partial charge in [0, 0.05) is 32.4 Å². The molecule has 0 amide bonds. The zero-order valence-corrected chi connectivity index (χ0v) is 8.12. The van der Waals surface area contributed by atoms with E-state index in [-0.39, 0.29) is 6.04 Å². The highest BCUT2D eigenvalue weighted by Gasteiger charge is 1.99. The molecule has 1 N–H and O–H groups in total. The molecule has 1 rings (SSSR count). The van der Waals surface area contributed by atoms with Crippen LogP contribution in [0.5, 0.6) is 0 Å². The van der Waals surface area contributed by atoms with Crippen LogP contribution in [0.2, 0.25) is 0 Å². The quantitative estimate of drug-likeness (QED) is 0.682. The molecule has 1 aromatic rings. The molecule has 1 unspecified atom stereocenters. The molecular formula is C10H15N3. The van der Waals surface area contributed by atoms with E-state index in [0.717, 1.165) is 18.8 Å². The van der Waals surface area contributed by atoms with Crippen molar-refractivity contribution in [3.05, 3.63) is 18.2 Å². The molecule has 1 heterocycles. The van der Waals surface area contributed by atoms with Crippen LogP contribution in [0.4, 0.5) is 0 Å². The number of imidazole rings is 1. The summed E-state index contributed by atoms with van der Waals surface area (Å²) < 4.78 is 2.02. The second-order valence-electron chi connectivity index (χ2n) is 3.05. The van der Waals surface area contributed by atoms with Gasteiger partial charge < -0.3 is 9.88 Å². The number of hydrogen-bond donors (Lipinski definition) is 1. The number of aryl methyl sites for hydroxylation is 1. The SMILES string of the molecule is C#CC(C)NCCc1nccn1C. The summed E-state index contributed by atoms with van der Waals surface area (Å²) in [6.07, 6.45) is 9.89. The summed E-state index contributed by atoms with van der Waals surface area (Å²) in [7, 11) is 1.99. The van der Waals surface area contributed by atoms with E-state index in [1.807, 2.05) is 24.7 Å². The zero-order valence-electron chi connectivity index (χ0n) is 8.12. The Balaban J connectivity index is 2.29.